The Kier molecular flexibility index (Phi) is 11.2. The smallest absolute Gasteiger partial charge is 0.269 e. The van der Waals surface area contributed by atoms with E-state index < -0.39 is 29.7 Å². The summed E-state index contributed by atoms with van der Waals surface area (Å²) in [6.07, 6.45) is 3.49. The van der Waals surface area contributed by atoms with E-state index in [0.717, 1.165) is 30.6 Å². The molecule has 2 aromatic rings. The summed E-state index contributed by atoms with van der Waals surface area (Å²) in [5, 5.41) is 12.4. The number of rotatable bonds is 11. The zero-order valence-corrected chi connectivity index (χ0v) is 28.6. The predicted molar refractivity (Wildman–Crippen MR) is 182 cm³/mol. The predicted octanol–water partition coefficient (Wildman–Crippen LogP) is 2.82. The quantitative estimate of drug-likeness (QED) is 0.339. The molecule has 1 saturated heterocycles. The van der Waals surface area contributed by atoms with E-state index in [-0.39, 0.29) is 35.7 Å². The van der Waals surface area contributed by atoms with Crippen LogP contribution in [0.1, 0.15) is 62.1 Å². The molecule has 258 valence electrons. The number of fused-ring (bicyclic) bond motifs is 1. The van der Waals surface area contributed by atoms with Crippen molar-refractivity contribution in [2.75, 3.05) is 58.7 Å². The van der Waals surface area contributed by atoms with Gasteiger partial charge >= 0.3 is 0 Å². The number of carbonyl (C=O) groups is 4. The molecule has 11 nitrogen and oxygen atoms in total. The third-order valence-electron chi connectivity index (χ3n) is 9.92. The first-order valence-corrected chi connectivity index (χ1v) is 17.0. The molecular weight excluding hydrogens is 613 g/mol. The van der Waals surface area contributed by atoms with E-state index in [1.165, 1.54) is 12.1 Å². The van der Waals surface area contributed by atoms with Gasteiger partial charge in [0, 0.05) is 64.6 Å². The summed E-state index contributed by atoms with van der Waals surface area (Å²) in [4.78, 5) is 57.5. The van der Waals surface area contributed by atoms with Crippen LogP contribution in [0.4, 0.5) is 10.1 Å². The molecule has 4 amide bonds. The highest BCUT2D eigenvalue weighted by molar-refractivity contribution is 6.01. The van der Waals surface area contributed by atoms with Crippen LogP contribution in [-0.4, -0.2) is 109 Å². The number of nitrogens with zero attached hydrogens (tertiary/aromatic N) is 4. The van der Waals surface area contributed by atoms with Crippen LogP contribution in [0.2, 0.25) is 0 Å². The third-order valence-corrected chi connectivity index (χ3v) is 9.92. The standard InChI is InChI=1S/C36H48FN7O4/c1-6-31(45)39-32(36(48)43-20-18-41(4)19-21-43)23(3)25-13-15-29(28(37)22-25)38-35(47)33(27-14-12-24-10-8-9-11-26(24)27)40-34(46)30-16-17-42(5)44(30)7-2/h8-11,13,15-16,22-23,27,32-33H,6-7,12,14,17-21H2,1-5H3,(H,38,47)(H,39,45)(H,40,46)/t23-,27?,32+,33?/m0/s1. The first kappa shape index (κ1) is 35.0. The highest BCUT2D eigenvalue weighted by Crippen LogP contribution is 2.36. The van der Waals surface area contributed by atoms with Gasteiger partial charge in [0.15, 0.2) is 0 Å². The Labute approximate surface area is 282 Å². The van der Waals surface area contributed by atoms with Crippen molar-refractivity contribution in [3.8, 4) is 0 Å². The Morgan fingerprint density at radius 2 is 1.71 bits per heavy atom. The first-order valence-electron chi connectivity index (χ1n) is 17.0. The van der Waals surface area contributed by atoms with Gasteiger partial charge in [0.25, 0.3) is 5.91 Å². The number of anilines is 1. The van der Waals surface area contributed by atoms with Crippen LogP contribution in [0, 0.1) is 5.82 Å². The zero-order chi connectivity index (χ0) is 34.5. The van der Waals surface area contributed by atoms with Crippen LogP contribution < -0.4 is 16.0 Å². The summed E-state index contributed by atoms with van der Waals surface area (Å²) in [6.45, 7) is 9.21. The lowest BCUT2D eigenvalue weighted by molar-refractivity contribution is -0.138. The minimum Gasteiger partial charge on any atom is -0.344 e. The number of halogens is 1. The zero-order valence-electron chi connectivity index (χ0n) is 28.6. The average Bonchev–Trinajstić information content (AvgIpc) is 3.69. The summed E-state index contributed by atoms with van der Waals surface area (Å²) in [7, 11) is 3.89. The van der Waals surface area contributed by atoms with Gasteiger partial charge in [-0.1, -0.05) is 44.2 Å². The van der Waals surface area contributed by atoms with E-state index in [1.54, 1.807) is 24.8 Å². The van der Waals surface area contributed by atoms with E-state index in [4.69, 9.17) is 0 Å². The van der Waals surface area contributed by atoms with Crippen molar-refractivity contribution >= 4 is 29.3 Å². The number of piperazine rings is 1. The van der Waals surface area contributed by atoms with Crippen LogP contribution in [-0.2, 0) is 25.6 Å². The lowest BCUT2D eigenvalue weighted by Crippen LogP contribution is -2.55. The number of hydrogen-bond donors (Lipinski definition) is 3. The van der Waals surface area contributed by atoms with E-state index >= 15 is 4.39 Å². The topological polar surface area (TPSA) is 117 Å². The molecule has 12 heteroatoms. The van der Waals surface area contributed by atoms with Crippen LogP contribution in [0.15, 0.2) is 54.2 Å². The Morgan fingerprint density at radius 1 is 0.979 bits per heavy atom. The minimum atomic E-state index is -0.945. The van der Waals surface area contributed by atoms with Gasteiger partial charge in [-0.15, -0.1) is 0 Å². The van der Waals surface area contributed by atoms with Crippen molar-refractivity contribution in [2.24, 2.45) is 0 Å². The van der Waals surface area contributed by atoms with Gasteiger partial charge in [-0.2, -0.15) is 0 Å². The number of hydrogen-bond acceptors (Lipinski definition) is 7. The number of benzene rings is 2. The van der Waals surface area contributed by atoms with Gasteiger partial charge in [0.05, 0.1) is 5.69 Å². The van der Waals surface area contributed by atoms with Gasteiger partial charge in [0.2, 0.25) is 17.7 Å². The molecule has 0 bridgehead atoms. The fourth-order valence-electron chi connectivity index (χ4n) is 6.95. The number of aryl methyl sites for hydroxylation is 1. The molecule has 2 heterocycles. The molecule has 2 unspecified atom stereocenters. The lowest BCUT2D eigenvalue weighted by Gasteiger charge is -2.36. The van der Waals surface area contributed by atoms with Gasteiger partial charge in [-0.25, -0.2) is 9.40 Å². The van der Waals surface area contributed by atoms with Crippen LogP contribution in [0.5, 0.6) is 0 Å². The molecular formula is C36H48FN7O4. The molecule has 3 aliphatic rings. The maximum absolute atomic E-state index is 15.8. The summed E-state index contributed by atoms with van der Waals surface area (Å²) in [6, 6.07) is 10.5. The Hall–Kier alpha value is -4.29. The molecule has 0 radical (unpaired) electrons. The van der Waals surface area contributed by atoms with E-state index in [2.05, 4.69) is 20.9 Å². The maximum Gasteiger partial charge on any atom is 0.269 e. The largest absolute Gasteiger partial charge is 0.344 e. The van der Waals surface area contributed by atoms with Crippen molar-refractivity contribution < 1.29 is 23.6 Å². The molecule has 3 N–H and O–H groups in total. The number of hydrazine groups is 1. The third kappa shape index (κ3) is 7.55. The second kappa shape index (κ2) is 15.3. The normalized spacial score (nSPS) is 20.0. The van der Waals surface area contributed by atoms with Gasteiger partial charge in [0.1, 0.15) is 23.6 Å². The molecule has 48 heavy (non-hydrogen) atoms. The molecule has 0 saturated carbocycles. The fourth-order valence-corrected chi connectivity index (χ4v) is 6.95. The molecule has 0 aromatic heterocycles. The number of carbonyl (C=O) groups excluding carboxylic acids is 4. The van der Waals surface area contributed by atoms with Crippen molar-refractivity contribution in [2.45, 2.75) is 64.0 Å². The molecule has 4 atom stereocenters. The Morgan fingerprint density at radius 3 is 2.40 bits per heavy atom. The Balaban J connectivity index is 1.36. The summed E-state index contributed by atoms with van der Waals surface area (Å²) in [5.41, 5.74) is 3.09. The summed E-state index contributed by atoms with van der Waals surface area (Å²) < 4.78 is 15.8. The lowest BCUT2D eigenvalue weighted by atomic mass is 9.91. The second-order valence-electron chi connectivity index (χ2n) is 13.0. The van der Waals surface area contributed by atoms with Crippen molar-refractivity contribution in [1.29, 1.82) is 0 Å². The fraction of sp³-hybridized carbons (Fsp3) is 0.500. The SMILES string of the molecule is CCC(=O)N[C@@H](C(=O)N1CCN(C)CC1)[C@@H](C)c1ccc(NC(=O)C(NC(=O)C2=CCN(C)N2CC)C2CCc3ccccc32)c(F)c1. The molecule has 2 aliphatic heterocycles. The van der Waals surface area contributed by atoms with Crippen molar-refractivity contribution in [3.05, 3.63) is 76.7 Å². The summed E-state index contributed by atoms with van der Waals surface area (Å²) >= 11 is 0. The Bertz CT molecular complexity index is 1560. The van der Waals surface area contributed by atoms with E-state index in [1.807, 2.05) is 61.4 Å². The van der Waals surface area contributed by atoms with E-state index in [0.29, 0.717) is 43.9 Å². The summed E-state index contributed by atoms with van der Waals surface area (Å²) in [5.74, 6) is -2.83. The van der Waals surface area contributed by atoms with Gasteiger partial charge in [-0.3, -0.25) is 19.2 Å². The molecule has 0 spiro atoms. The van der Waals surface area contributed by atoms with Crippen LogP contribution in [0.25, 0.3) is 0 Å². The minimum absolute atomic E-state index is 0.0315. The molecule has 1 fully saturated rings. The van der Waals surface area contributed by atoms with E-state index in [9.17, 15) is 19.2 Å². The van der Waals surface area contributed by atoms with Gasteiger partial charge < -0.3 is 30.8 Å². The first-order chi connectivity index (χ1) is 23.0. The molecule has 5 rings (SSSR count). The number of nitrogens with one attached hydrogen (secondary N) is 3. The monoisotopic (exact) mass is 661 g/mol. The maximum atomic E-state index is 15.8. The highest BCUT2D eigenvalue weighted by atomic mass is 19.1. The molecule has 1 aliphatic carbocycles. The van der Waals surface area contributed by atoms with Crippen LogP contribution in [0.3, 0.4) is 0 Å². The average molecular weight is 662 g/mol. The van der Waals surface area contributed by atoms with Crippen molar-refractivity contribution in [1.82, 2.24) is 30.5 Å². The highest BCUT2D eigenvalue weighted by Gasteiger charge is 2.38. The second-order valence-corrected chi connectivity index (χ2v) is 13.0. The number of amides is 4. The molecule has 2 aromatic carbocycles. The number of likely N-dealkylation sites (N-methyl/N-ethyl adjacent to an activating group) is 3. The van der Waals surface area contributed by atoms with Crippen LogP contribution >= 0.6 is 0 Å². The van der Waals surface area contributed by atoms with Crippen molar-refractivity contribution in [3.63, 3.8) is 0 Å². The van der Waals surface area contributed by atoms with Gasteiger partial charge in [-0.05, 0) is 61.7 Å².